The van der Waals surface area contributed by atoms with E-state index in [1.807, 2.05) is 25.1 Å². The van der Waals surface area contributed by atoms with Crippen LogP contribution in [0, 0.1) is 6.92 Å². The lowest BCUT2D eigenvalue weighted by atomic mass is 10.0. The number of hydrogen-bond donors (Lipinski definition) is 2. The molecule has 2 N–H and O–H groups in total. The van der Waals surface area contributed by atoms with E-state index in [0.29, 0.717) is 6.54 Å². The summed E-state index contributed by atoms with van der Waals surface area (Å²) in [4.78, 5) is 2.21. The molecule has 1 fully saturated rings. The molecule has 1 aliphatic heterocycles. The van der Waals surface area contributed by atoms with E-state index in [4.69, 9.17) is 4.74 Å². The van der Waals surface area contributed by atoms with Crippen molar-refractivity contribution in [3.05, 3.63) is 29.3 Å². The highest BCUT2D eigenvalue weighted by molar-refractivity contribution is 5.37. The van der Waals surface area contributed by atoms with Crippen LogP contribution in [0.4, 0.5) is 0 Å². The maximum atomic E-state index is 10.3. The van der Waals surface area contributed by atoms with Gasteiger partial charge in [0.25, 0.3) is 0 Å². The monoisotopic (exact) mass is 265 g/mol. The van der Waals surface area contributed by atoms with Crippen LogP contribution in [0.25, 0.3) is 0 Å². The smallest absolute Gasteiger partial charge is 0.121 e. The molecule has 1 unspecified atom stereocenters. The molecule has 0 aromatic heterocycles. The van der Waals surface area contributed by atoms with Gasteiger partial charge in [0, 0.05) is 19.6 Å². The number of likely N-dealkylation sites (tertiary alicyclic amines) is 1. The molecule has 1 saturated heterocycles. The lowest BCUT2D eigenvalue weighted by Crippen LogP contribution is -2.38. The van der Waals surface area contributed by atoms with Crippen molar-refractivity contribution in [3.8, 4) is 5.75 Å². The van der Waals surface area contributed by atoms with Crippen LogP contribution in [0.15, 0.2) is 18.2 Å². The molecule has 106 valence electrons. The van der Waals surface area contributed by atoms with E-state index in [1.54, 1.807) is 7.11 Å². The van der Waals surface area contributed by atoms with Gasteiger partial charge < -0.3 is 19.8 Å². The first kappa shape index (κ1) is 14.3. The molecule has 1 aliphatic rings. The summed E-state index contributed by atoms with van der Waals surface area (Å²) in [6, 6.07) is 5.78. The molecule has 1 heterocycles. The number of β-amino-alcohol motifs (C(OH)–C–C–N with tert-alkyl or cyclic N) is 1. The predicted molar refractivity (Wildman–Crippen MR) is 74.4 cm³/mol. The van der Waals surface area contributed by atoms with Gasteiger partial charge in [-0.1, -0.05) is 6.07 Å². The van der Waals surface area contributed by atoms with Gasteiger partial charge >= 0.3 is 0 Å². The third-order valence-corrected chi connectivity index (χ3v) is 3.79. The molecule has 1 atom stereocenters. The minimum atomic E-state index is -0.486. The molecule has 4 heteroatoms. The normalized spacial score (nSPS) is 19.4. The minimum Gasteiger partial charge on any atom is -0.496 e. The predicted octanol–water partition coefficient (Wildman–Crippen LogP) is 1.49. The van der Waals surface area contributed by atoms with Crippen LogP contribution in [-0.2, 0) is 0 Å². The molecule has 0 aliphatic carbocycles. The Morgan fingerprint density at radius 1 is 1.37 bits per heavy atom. The average Bonchev–Trinajstić information content (AvgIpc) is 2.41. The summed E-state index contributed by atoms with van der Waals surface area (Å²) in [5, 5.41) is 19.8. The molecule has 1 aromatic rings. The van der Waals surface area contributed by atoms with Crippen molar-refractivity contribution in [2.45, 2.75) is 32.0 Å². The van der Waals surface area contributed by atoms with Gasteiger partial charge in [-0.25, -0.2) is 0 Å². The summed E-state index contributed by atoms with van der Waals surface area (Å²) in [5.74, 6) is 0.844. The van der Waals surface area contributed by atoms with Crippen LogP contribution in [0.1, 0.15) is 30.1 Å². The van der Waals surface area contributed by atoms with E-state index in [-0.39, 0.29) is 6.10 Å². The van der Waals surface area contributed by atoms with Gasteiger partial charge in [0.1, 0.15) is 5.75 Å². The highest BCUT2D eigenvalue weighted by atomic mass is 16.5. The van der Waals surface area contributed by atoms with Crippen LogP contribution in [0.3, 0.4) is 0 Å². The molecule has 0 saturated carbocycles. The number of aliphatic hydroxyl groups excluding tert-OH is 2. The van der Waals surface area contributed by atoms with Crippen LogP contribution in [-0.4, -0.2) is 48.0 Å². The lowest BCUT2D eigenvalue weighted by molar-refractivity contribution is 0.0508. The second-order valence-electron chi connectivity index (χ2n) is 5.28. The van der Waals surface area contributed by atoms with Gasteiger partial charge in [0.05, 0.1) is 19.3 Å². The molecule has 0 radical (unpaired) electrons. The molecular weight excluding hydrogens is 242 g/mol. The fourth-order valence-electron chi connectivity index (χ4n) is 2.56. The minimum absolute atomic E-state index is 0.170. The molecule has 1 aromatic carbocycles. The molecule has 0 bridgehead atoms. The van der Waals surface area contributed by atoms with Crippen molar-refractivity contribution in [3.63, 3.8) is 0 Å². The maximum absolute atomic E-state index is 10.3. The zero-order valence-electron chi connectivity index (χ0n) is 11.7. The number of piperidine rings is 1. The van der Waals surface area contributed by atoms with E-state index in [0.717, 1.165) is 42.8 Å². The van der Waals surface area contributed by atoms with E-state index in [1.165, 1.54) is 0 Å². The maximum Gasteiger partial charge on any atom is 0.121 e. The van der Waals surface area contributed by atoms with Crippen LogP contribution < -0.4 is 4.74 Å². The molecular formula is C15H23NO3. The fourth-order valence-corrected chi connectivity index (χ4v) is 2.56. The molecule has 0 spiro atoms. The van der Waals surface area contributed by atoms with Gasteiger partial charge in [-0.15, -0.1) is 0 Å². The number of nitrogens with zero attached hydrogens (tertiary/aromatic N) is 1. The SMILES string of the molecule is COc1ccc(C(O)CN2CCC(O)CC2)cc1C. The Labute approximate surface area is 114 Å². The van der Waals surface area contributed by atoms with Gasteiger partial charge in [-0.3, -0.25) is 0 Å². The van der Waals surface area contributed by atoms with E-state index >= 15 is 0 Å². The summed E-state index contributed by atoms with van der Waals surface area (Å²) >= 11 is 0. The van der Waals surface area contributed by atoms with Crippen LogP contribution in [0.2, 0.25) is 0 Å². The van der Waals surface area contributed by atoms with Crippen molar-refractivity contribution in [1.29, 1.82) is 0 Å². The number of hydrogen-bond acceptors (Lipinski definition) is 4. The Hall–Kier alpha value is -1.10. The van der Waals surface area contributed by atoms with Crippen LogP contribution >= 0.6 is 0 Å². The third-order valence-electron chi connectivity index (χ3n) is 3.79. The quantitative estimate of drug-likeness (QED) is 0.866. The Morgan fingerprint density at radius 2 is 2.05 bits per heavy atom. The summed E-state index contributed by atoms with van der Waals surface area (Å²) < 4.78 is 5.22. The highest BCUT2D eigenvalue weighted by Gasteiger charge is 2.20. The summed E-state index contributed by atoms with van der Waals surface area (Å²) in [6.45, 7) is 4.31. The zero-order valence-corrected chi connectivity index (χ0v) is 11.7. The Morgan fingerprint density at radius 3 is 2.63 bits per heavy atom. The number of benzene rings is 1. The third kappa shape index (κ3) is 3.69. The molecule has 19 heavy (non-hydrogen) atoms. The number of aryl methyl sites for hydroxylation is 1. The first-order valence-electron chi connectivity index (χ1n) is 6.83. The van der Waals surface area contributed by atoms with Crippen molar-refractivity contribution in [2.24, 2.45) is 0 Å². The van der Waals surface area contributed by atoms with E-state index < -0.39 is 6.10 Å². The Balaban J connectivity index is 1.96. The van der Waals surface area contributed by atoms with Crippen molar-refractivity contribution in [2.75, 3.05) is 26.7 Å². The fraction of sp³-hybridized carbons (Fsp3) is 0.600. The first-order valence-corrected chi connectivity index (χ1v) is 6.83. The lowest BCUT2D eigenvalue weighted by Gasteiger charge is -2.31. The van der Waals surface area contributed by atoms with Crippen molar-refractivity contribution < 1.29 is 14.9 Å². The summed E-state index contributed by atoms with van der Waals surface area (Å²) in [6.07, 6.45) is 0.944. The number of methoxy groups -OCH3 is 1. The Kier molecular flexibility index (Phi) is 4.80. The second-order valence-corrected chi connectivity index (χ2v) is 5.28. The van der Waals surface area contributed by atoms with Gasteiger partial charge in [-0.05, 0) is 43.0 Å². The van der Waals surface area contributed by atoms with Crippen molar-refractivity contribution in [1.82, 2.24) is 4.90 Å². The average molecular weight is 265 g/mol. The standard InChI is InChI=1S/C15H23NO3/c1-11-9-12(3-4-15(11)19-2)14(18)10-16-7-5-13(17)6-8-16/h3-4,9,13-14,17-18H,5-8,10H2,1-2H3. The zero-order chi connectivity index (χ0) is 13.8. The van der Waals surface area contributed by atoms with E-state index in [2.05, 4.69) is 4.90 Å². The number of rotatable bonds is 4. The van der Waals surface area contributed by atoms with Crippen LogP contribution in [0.5, 0.6) is 5.75 Å². The number of aliphatic hydroxyl groups is 2. The summed E-state index contributed by atoms with van der Waals surface area (Å²) in [5.41, 5.74) is 1.96. The topological polar surface area (TPSA) is 52.9 Å². The van der Waals surface area contributed by atoms with Gasteiger partial charge in [0.2, 0.25) is 0 Å². The number of ether oxygens (including phenoxy) is 1. The summed E-state index contributed by atoms with van der Waals surface area (Å²) in [7, 11) is 1.65. The first-order chi connectivity index (χ1) is 9.10. The highest BCUT2D eigenvalue weighted by Crippen LogP contribution is 2.23. The second kappa shape index (κ2) is 6.37. The Bertz CT molecular complexity index is 414. The van der Waals surface area contributed by atoms with E-state index in [9.17, 15) is 10.2 Å². The largest absolute Gasteiger partial charge is 0.496 e. The van der Waals surface area contributed by atoms with Gasteiger partial charge in [-0.2, -0.15) is 0 Å². The van der Waals surface area contributed by atoms with Crippen molar-refractivity contribution >= 4 is 0 Å². The molecule has 4 nitrogen and oxygen atoms in total. The molecule has 0 amide bonds. The van der Waals surface area contributed by atoms with Gasteiger partial charge in [0.15, 0.2) is 0 Å². The molecule has 2 rings (SSSR count).